The number of nitrogens with one attached hydrogen (secondary N) is 1. The van der Waals surface area contributed by atoms with Crippen LogP contribution >= 0.6 is 0 Å². The molecule has 40 heavy (non-hydrogen) atoms. The zero-order valence-electron chi connectivity index (χ0n) is 23.4. The predicted molar refractivity (Wildman–Crippen MR) is 153 cm³/mol. The molecule has 0 spiro atoms. The molecular formula is C31H38N6O3. The summed E-state index contributed by atoms with van der Waals surface area (Å²) in [5.41, 5.74) is 3.59. The third kappa shape index (κ3) is 5.67. The van der Waals surface area contributed by atoms with Crippen molar-refractivity contribution < 1.29 is 9.47 Å². The van der Waals surface area contributed by atoms with E-state index in [-0.39, 0.29) is 17.7 Å². The zero-order chi connectivity index (χ0) is 27.5. The minimum absolute atomic E-state index is 0.0863. The van der Waals surface area contributed by atoms with Crippen molar-refractivity contribution in [2.24, 2.45) is 0 Å². The number of benzene rings is 2. The van der Waals surface area contributed by atoms with E-state index in [9.17, 15) is 4.79 Å². The number of nitrogens with zero attached hydrogens (tertiary/aromatic N) is 5. The summed E-state index contributed by atoms with van der Waals surface area (Å²) in [6.07, 6.45) is 6.54. The van der Waals surface area contributed by atoms with Crippen LogP contribution < -0.4 is 10.3 Å². The van der Waals surface area contributed by atoms with Crippen molar-refractivity contribution in [1.82, 2.24) is 30.1 Å². The second kappa shape index (κ2) is 11.9. The van der Waals surface area contributed by atoms with Gasteiger partial charge in [-0.05, 0) is 90.7 Å². The molecule has 1 saturated heterocycles. The van der Waals surface area contributed by atoms with Gasteiger partial charge in [-0.1, -0.05) is 37.1 Å². The van der Waals surface area contributed by atoms with E-state index >= 15 is 0 Å². The number of rotatable bonds is 10. The molecule has 2 aliphatic rings. The van der Waals surface area contributed by atoms with Crippen molar-refractivity contribution in [2.75, 3.05) is 19.8 Å². The van der Waals surface area contributed by atoms with Crippen molar-refractivity contribution in [3.8, 4) is 5.75 Å². The number of hydrogen-bond acceptors (Lipinski definition) is 7. The fraction of sp³-hybridized carbons (Fsp3) is 0.484. The van der Waals surface area contributed by atoms with E-state index in [1.165, 1.54) is 0 Å². The van der Waals surface area contributed by atoms with E-state index in [4.69, 9.17) is 9.47 Å². The smallest absolute Gasteiger partial charge is 0.253 e. The van der Waals surface area contributed by atoms with Crippen LogP contribution in [0.5, 0.6) is 5.75 Å². The molecule has 4 aromatic rings. The SMILES string of the molecule is CCOc1ccc(CN(C[C@@H]2CCCO2)[C@H](c2cc3ccc(C)cc3[nH]c2=O)c2nnnn2C2CCCC2)cc1. The number of ether oxygens (including phenoxy) is 2. The van der Waals surface area contributed by atoms with Crippen LogP contribution in [0.3, 0.4) is 0 Å². The first-order valence-corrected chi connectivity index (χ1v) is 14.6. The maximum Gasteiger partial charge on any atom is 0.253 e. The normalized spacial score (nSPS) is 18.6. The monoisotopic (exact) mass is 542 g/mol. The first kappa shape index (κ1) is 26.7. The number of pyridine rings is 1. The minimum Gasteiger partial charge on any atom is -0.494 e. The molecule has 2 aromatic heterocycles. The Bertz CT molecular complexity index is 1490. The van der Waals surface area contributed by atoms with Gasteiger partial charge >= 0.3 is 0 Å². The lowest BCUT2D eigenvalue weighted by atomic mass is 10.0. The second-order valence-electron chi connectivity index (χ2n) is 11.1. The molecule has 2 atom stereocenters. The van der Waals surface area contributed by atoms with E-state index in [1.54, 1.807) is 0 Å². The fourth-order valence-electron chi connectivity index (χ4n) is 6.23. The molecule has 6 rings (SSSR count). The molecule has 0 radical (unpaired) electrons. The van der Waals surface area contributed by atoms with Crippen LogP contribution in [0.1, 0.15) is 80.0 Å². The Hall–Kier alpha value is -3.56. The van der Waals surface area contributed by atoms with Crippen molar-refractivity contribution in [3.05, 3.63) is 81.4 Å². The summed E-state index contributed by atoms with van der Waals surface area (Å²) < 4.78 is 13.8. The van der Waals surface area contributed by atoms with E-state index < -0.39 is 6.04 Å². The van der Waals surface area contributed by atoms with E-state index in [0.717, 1.165) is 72.9 Å². The predicted octanol–water partition coefficient (Wildman–Crippen LogP) is 5.11. The van der Waals surface area contributed by atoms with Gasteiger partial charge in [0, 0.05) is 30.8 Å². The molecule has 2 fully saturated rings. The van der Waals surface area contributed by atoms with Gasteiger partial charge in [-0.3, -0.25) is 9.69 Å². The highest BCUT2D eigenvalue weighted by atomic mass is 16.5. The number of hydrogen-bond donors (Lipinski definition) is 1. The van der Waals surface area contributed by atoms with Crippen LogP contribution in [-0.4, -0.2) is 56.0 Å². The topological polar surface area (TPSA) is 98.2 Å². The Kier molecular flexibility index (Phi) is 7.93. The zero-order valence-corrected chi connectivity index (χ0v) is 23.4. The molecule has 1 aliphatic heterocycles. The maximum absolute atomic E-state index is 13.8. The highest BCUT2D eigenvalue weighted by Crippen LogP contribution is 2.35. The maximum atomic E-state index is 13.8. The molecule has 0 bridgehead atoms. The minimum atomic E-state index is -0.444. The number of aromatic amines is 1. The summed E-state index contributed by atoms with van der Waals surface area (Å²) in [5, 5.41) is 14.2. The van der Waals surface area contributed by atoms with E-state index in [1.807, 2.05) is 42.8 Å². The van der Waals surface area contributed by atoms with Gasteiger partial charge in [0.05, 0.1) is 18.8 Å². The molecule has 1 saturated carbocycles. The number of aryl methyl sites for hydroxylation is 1. The van der Waals surface area contributed by atoms with Gasteiger partial charge in [-0.2, -0.15) is 0 Å². The Morgan fingerprint density at radius 1 is 1.10 bits per heavy atom. The molecule has 9 heteroatoms. The van der Waals surface area contributed by atoms with Crippen LogP contribution in [-0.2, 0) is 11.3 Å². The Labute approximate surface area is 234 Å². The second-order valence-corrected chi connectivity index (χ2v) is 11.1. The van der Waals surface area contributed by atoms with E-state index in [2.05, 4.69) is 49.7 Å². The van der Waals surface area contributed by atoms with Gasteiger partial charge in [-0.25, -0.2) is 4.68 Å². The van der Waals surface area contributed by atoms with Crippen LogP contribution in [0.15, 0.2) is 53.3 Å². The molecule has 1 N–H and O–H groups in total. The van der Waals surface area contributed by atoms with Crippen molar-refractivity contribution >= 4 is 10.9 Å². The lowest BCUT2D eigenvalue weighted by Gasteiger charge is -2.33. The Morgan fingerprint density at radius 2 is 1.93 bits per heavy atom. The van der Waals surface area contributed by atoms with Crippen molar-refractivity contribution in [2.45, 2.75) is 77.1 Å². The van der Waals surface area contributed by atoms with Crippen LogP contribution in [0.25, 0.3) is 10.9 Å². The summed E-state index contributed by atoms with van der Waals surface area (Å²) >= 11 is 0. The first-order chi connectivity index (χ1) is 19.6. The van der Waals surface area contributed by atoms with E-state index in [0.29, 0.717) is 31.1 Å². The first-order valence-electron chi connectivity index (χ1n) is 14.6. The Morgan fingerprint density at radius 3 is 2.67 bits per heavy atom. The quantitative estimate of drug-likeness (QED) is 0.297. The number of H-pyrrole nitrogens is 1. The highest BCUT2D eigenvalue weighted by Gasteiger charge is 2.35. The molecule has 0 amide bonds. The molecule has 1 aliphatic carbocycles. The van der Waals surface area contributed by atoms with Gasteiger partial charge in [0.2, 0.25) is 0 Å². The summed E-state index contributed by atoms with van der Waals surface area (Å²) in [5.74, 6) is 1.56. The van der Waals surface area contributed by atoms with Gasteiger partial charge in [0.1, 0.15) is 11.8 Å². The largest absolute Gasteiger partial charge is 0.494 e. The van der Waals surface area contributed by atoms with Crippen LogP contribution in [0.2, 0.25) is 0 Å². The third-order valence-corrected chi connectivity index (χ3v) is 8.21. The van der Waals surface area contributed by atoms with Gasteiger partial charge in [0.25, 0.3) is 5.56 Å². The molecule has 3 heterocycles. The lowest BCUT2D eigenvalue weighted by Crippen LogP contribution is -2.39. The lowest BCUT2D eigenvalue weighted by molar-refractivity contribution is 0.0569. The average Bonchev–Trinajstić information content (AvgIpc) is 3.74. The third-order valence-electron chi connectivity index (χ3n) is 8.21. The number of fused-ring (bicyclic) bond motifs is 1. The molecule has 2 aromatic carbocycles. The number of tetrazole rings is 1. The highest BCUT2D eigenvalue weighted by molar-refractivity contribution is 5.79. The van der Waals surface area contributed by atoms with Crippen LogP contribution in [0, 0.1) is 6.92 Å². The summed E-state index contributed by atoms with van der Waals surface area (Å²) in [7, 11) is 0. The average molecular weight is 543 g/mol. The molecule has 0 unspecified atom stereocenters. The van der Waals surface area contributed by atoms with Gasteiger partial charge in [-0.15, -0.1) is 5.10 Å². The van der Waals surface area contributed by atoms with Gasteiger partial charge < -0.3 is 14.5 Å². The Balaban J connectivity index is 1.47. The summed E-state index contributed by atoms with van der Waals surface area (Å²) in [4.78, 5) is 19.3. The van der Waals surface area contributed by atoms with Crippen LogP contribution in [0.4, 0.5) is 0 Å². The summed E-state index contributed by atoms with van der Waals surface area (Å²) in [6.45, 7) is 6.69. The van der Waals surface area contributed by atoms with Crippen molar-refractivity contribution in [3.63, 3.8) is 0 Å². The number of aromatic nitrogens is 5. The molecule has 9 nitrogen and oxygen atoms in total. The standard InChI is InChI=1S/C31H38N6O3/c1-3-39-25-14-11-22(12-15-25)19-36(20-26-9-6-16-40-26)29(30-33-34-35-37(30)24-7-4-5-8-24)27-18-23-13-10-21(2)17-28(23)32-31(27)38/h10-15,17-18,24,26,29H,3-9,16,19-20H2,1-2H3,(H,32,38)/t26-,29+/m0/s1. The van der Waals surface area contributed by atoms with Crippen molar-refractivity contribution in [1.29, 1.82) is 0 Å². The molecular weight excluding hydrogens is 504 g/mol. The fourth-order valence-corrected chi connectivity index (χ4v) is 6.23. The van der Waals surface area contributed by atoms with Gasteiger partial charge in [0.15, 0.2) is 5.82 Å². The molecule has 210 valence electrons. The summed E-state index contributed by atoms with van der Waals surface area (Å²) in [6, 6.07) is 16.2.